The van der Waals surface area contributed by atoms with Crippen LogP contribution in [-0.2, 0) is 17.8 Å². The van der Waals surface area contributed by atoms with Crippen LogP contribution in [0, 0.1) is 5.92 Å². The molecule has 2 heterocycles. The van der Waals surface area contributed by atoms with E-state index in [4.69, 9.17) is 5.73 Å². The second kappa shape index (κ2) is 4.66. The van der Waals surface area contributed by atoms with Gasteiger partial charge in [-0.2, -0.15) is 5.10 Å². The summed E-state index contributed by atoms with van der Waals surface area (Å²) in [6.45, 7) is 3.13. The van der Waals surface area contributed by atoms with Crippen LogP contribution < -0.4 is 5.73 Å². The highest BCUT2D eigenvalue weighted by Gasteiger charge is 2.24. The van der Waals surface area contributed by atoms with Gasteiger partial charge in [0.25, 0.3) is 0 Å². The van der Waals surface area contributed by atoms with Gasteiger partial charge in [0.1, 0.15) is 0 Å². The van der Waals surface area contributed by atoms with Crippen molar-refractivity contribution in [2.75, 3.05) is 20.1 Å². The average Bonchev–Trinajstić information content (AvgIpc) is 2.66. The van der Waals surface area contributed by atoms with Crippen molar-refractivity contribution in [3.63, 3.8) is 0 Å². The number of amides is 1. The Bertz CT molecular complexity index is 613. The van der Waals surface area contributed by atoms with Gasteiger partial charge in [0, 0.05) is 30.9 Å². The number of hydrogen-bond donors (Lipinski definition) is 1. The first-order chi connectivity index (χ1) is 9.13. The molecule has 1 aliphatic rings. The minimum Gasteiger partial charge on any atom is -0.369 e. The van der Waals surface area contributed by atoms with Crippen LogP contribution in [0.25, 0.3) is 10.9 Å². The van der Waals surface area contributed by atoms with Crippen molar-refractivity contribution >= 4 is 16.8 Å². The van der Waals surface area contributed by atoms with Crippen molar-refractivity contribution in [3.05, 3.63) is 30.0 Å². The SMILES string of the molecule is CN1CC(Cn2nc(CC(N)=O)c3ccccc32)C1. The summed E-state index contributed by atoms with van der Waals surface area (Å²) >= 11 is 0. The lowest BCUT2D eigenvalue weighted by Gasteiger charge is -2.36. The van der Waals surface area contributed by atoms with E-state index in [0.29, 0.717) is 5.92 Å². The standard InChI is InChI=1S/C14H18N4O/c1-17-7-10(8-17)9-18-13-5-3-2-4-11(13)12(16-18)6-14(15)19/h2-5,10H,6-9H2,1H3,(H2,15,19). The van der Waals surface area contributed by atoms with E-state index in [2.05, 4.69) is 23.1 Å². The van der Waals surface area contributed by atoms with E-state index in [9.17, 15) is 4.79 Å². The van der Waals surface area contributed by atoms with E-state index in [1.165, 1.54) is 0 Å². The van der Waals surface area contributed by atoms with E-state index in [1.807, 2.05) is 22.9 Å². The van der Waals surface area contributed by atoms with Gasteiger partial charge >= 0.3 is 0 Å². The van der Waals surface area contributed by atoms with Crippen molar-refractivity contribution in [3.8, 4) is 0 Å². The van der Waals surface area contributed by atoms with Crippen LogP contribution in [0.5, 0.6) is 0 Å². The molecule has 0 aliphatic carbocycles. The second-order valence-corrected chi connectivity index (χ2v) is 5.38. The Morgan fingerprint density at radius 1 is 1.42 bits per heavy atom. The molecule has 2 aromatic rings. The molecule has 1 aliphatic heterocycles. The number of hydrogen-bond acceptors (Lipinski definition) is 3. The molecule has 1 amide bonds. The highest BCUT2D eigenvalue weighted by Crippen LogP contribution is 2.22. The van der Waals surface area contributed by atoms with Crippen LogP contribution in [0.15, 0.2) is 24.3 Å². The van der Waals surface area contributed by atoms with Gasteiger partial charge in [0.2, 0.25) is 5.91 Å². The number of carbonyl (C=O) groups is 1. The van der Waals surface area contributed by atoms with Gasteiger partial charge in [-0.25, -0.2) is 0 Å². The van der Waals surface area contributed by atoms with Crippen LogP contribution in [0.1, 0.15) is 5.69 Å². The molecule has 1 fully saturated rings. The number of nitrogens with zero attached hydrogens (tertiary/aromatic N) is 3. The Kier molecular flexibility index (Phi) is 2.98. The highest BCUT2D eigenvalue weighted by atomic mass is 16.1. The number of para-hydroxylation sites is 1. The number of primary amides is 1. The molecule has 5 heteroatoms. The summed E-state index contributed by atoms with van der Waals surface area (Å²) in [4.78, 5) is 13.4. The quantitative estimate of drug-likeness (QED) is 0.874. The van der Waals surface area contributed by atoms with Gasteiger partial charge in [-0.05, 0) is 13.1 Å². The van der Waals surface area contributed by atoms with E-state index < -0.39 is 0 Å². The molecule has 0 bridgehead atoms. The highest BCUT2D eigenvalue weighted by molar-refractivity contribution is 5.87. The number of aromatic nitrogens is 2. The molecule has 0 unspecified atom stereocenters. The van der Waals surface area contributed by atoms with Gasteiger partial charge < -0.3 is 10.6 Å². The molecule has 3 rings (SSSR count). The summed E-state index contributed by atoms with van der Waals surface area (Å²) in [7, 11) is 2.12. The summed E-state index contributed by atoms with van der Waals surface area (Å²) in [5.41, 5.74) is 7.17. The Hall–Kier alpha value is -1.88. The molecular weight excluding hydrogens is 240 g/mol. The fraction of sp³-hybridized carbons (Fsp3) is 0.429. The number of likely N-dealkylation sites (tertiary alicyclic amines) is 1. The predicted octanol–water partition coefficient (Wildman–Crippen LogP) is 0.626. The molecular formula is C14H18N4O. The smallest absolute Gasteiger partial charge is 0.223 e. The van der Waals surface area contributed by atoms with Crippen LogP contribution in [0.4, 0.5) is 0 Å². The average molecular weight is 258 g/mol. The van der Waals surface area contributed by atoms with Crippen molar-refractivity contribution in [2.45, 2.75) is 13.0 Å². The second-order valence-electron chi connectivity index (χ2n) is 5.38. The monoisotopic (exact) mass is 258 g/mol. The van der Waals surface area contributed by atoms with Crippen molar-refractivity contribution < 1.29 is 4.79 Å². The summed E-state index contributed by atoms with van der Waals surface area (Å²) in [5, 5.41) is 5.61. The zero-order valence-corrected chi connectivity index (χ0v) is 11.0. The van der Waals surface area contributed by atoms with Gasteiger partial charge in [-0.1, -0.05) is 18.2 Å². The lowest BCUT2D eigenvalue weighted by Crippen LogP contribution is -2.45. The topological polar surface area (TPSA) is 64.2 Å². The Morgan fingerprint density at radius 3 is 2.84 bits per heavy atom. The lowest BCUT2D eigenvalue weighted by atomic mass is 10.0. The Labute approximate surface area is 112 Å². The van der Waals surface area contributed by atoms with Crippen LogP contribution in [0.2, 0.25) is 0 Å². The van der Waals surface area contributed by atoms with Crippen LogP contribution >= 0.6 is 0 Å². The Morgan fingerprint density at radius 2 is 2.16 bits per heavy atom. The molecule has 0 saturated carbocycles. The third-order valence-electron chi connectivity index (χ3n) is 3.65. The lowest BCUT2D eigenvalue weighted by molar-refractivity contribution is -0.117. The summed E-state index contributed by atoms with van der Waals surface area (Å²) in [6.07, 6.45) is 0.206. The first kappa shape index (κ1) is 12.2. The maximum atomic E-state index is 11.1. The number of nitrogens with two attached hydrogens (primary N) is 1. The summed E-state index contributed by atoms with van der Waals surface area (Å²) in [6, 6.07) is 8.02. The fourth-order valence-electron chi connectivity index (χ4n) is 2.82. The molecule has 0 spiro atoms. The largest absolute Gasteiger partial charge is 0.369 e. The van der Waals surface area contributed by atoms with Gasteiger partial charge in [-0.15, -0.1) is 0 Å². The number of fused-ring (bicyclic) bond motifs is 1. The third kappa shape index (κ3) is 2.33. The van der Waals surface area contributed by atoms with Gasteiger partial charge in [-0.3, -0.25) is 9.48 Å². The molecule has 100 valence electrons. The molecule has 5 nitrogen and oxygen atoms in total. The zero-order valence-electron chi connectivity index (χ0n) is 11.0. The predicted molar refractivity (Wildman–Crippen MR) is 73.6 cm³/mol. The van der Waals surface area contributed by atoms with Crippen molar-refractivity contribution in [1.29, 1.82) is 0 Å². The number of carbonyl (C=O) groups excluding carboxylic acids is 1. The molecule has 1 aromatic carbocycles. The normalized spacial score (nSPS) is 16.7. The maximum Gasteiger partial charge on any atom is 0.223 e. The third-order valence-corrected chi connectivity index (χ3v) is 3.65. The van der Waals surface area contributed by atoms with Crippen LogP contribution in [-0.4, -0.2) is 40.7 Å². The Balaban J connectivity index is 1.92. The van der Waals surface area contributed by atoms with E-state index in [1.54, 1.807) is 0 Å². The zero-order chi connectivity index (χ0) is 13.4. The minimum absolute atomic E-state index is 0.206. The van der Waals surface area contributed by atoms with Gasteiger partial charge in [0.15, 0.2) is 0 Å². The number of benzene rings is 1. The van der Waals surface area contributed by atoms with Crippen LogP contribution in [0.3, 0.4) is 0 Å². The van der Waals surface area contributed by atoms with E-state index >= 15 is 0 Å². The molecule has 1 aromatic heterocycles. The fourth-order valence-corrected chi connectivity index (χ4v) is 2.82. The first-order valence-corrected chi connectivity index (χ1v) is 6.55. The molecule has 1 saturated heterocycles. The van der Waals surface area contributed by atoms with Crippen molar-refractivity contribution in [1.82, 2.24) is 14.7 Å². The molecule has 0 atom stereocenters. The van der Waals surface area contributed by atoms with E-state index in [-0.39, 0.29) is 12.3 Å². The first-order valence-electron chi connectivity index (χ1n) is 6.55. The van der Waals surface area contributed by atoms with Gasteiger partial charge in [0.05, 0.1) is 17.6 Å². The molecule has 0 radical (unpaired) electrons. The van der Waals surface area contributed by atoms with Crippen molar-refractivity contribution in [2.24, 2.45) is 11.7 Å². The minimum atomic E-state index is -0.334. The summed E-state index contributed by atoms with van der Waals surface area (Å²) in [5.74, 6) is 0.313. The number of rotatable bonds is 4. The van der Waals surface area contributed by atoms with E-state index in [0.717, 1.165) is 36.2 Å². The molecule has 2 N–H and O–H groups in total. The summed E-state index contributed by atoms with van der Waals surface area (Å²) < 4.78 is 2.02. The maximum absolute atomic E-state index is 11.1. The molecule has 19 heavy (non-hydrogen) atoms.